The van der Waals surface area contributed by atoms with Gasteiger partial charge in [0.05, 0.1) is 6.10 Å². The van der Waals surface area contributed by atoms with Gasteiger partial charge in [-0.05, 0) is 13.8 Å². The van der Waals surface area contributed by atoms with Crippen molar-refractivity contribution in [2.45, 2.75) is 26.2 Å². The van der Waals surface area contributed by atoms with Gasteiger partial charge in [-0.1, -0.05) is 30.3 Å². The summed E-state index contributed by atoms with van der Waals surface area (Å²) in [4.78, 5) is 10.1. The van der Waals surface area contributed by atoms with E-state index in [1.54, 1.807) is 0 Å². The molecule has 0 fully saturated rings. The summed E-state index contributed by atoms with van der Waals surface area (Å²) in [6, 6.07) is 9.29. The van der Waals surface area contributed by atoms with Gasteiger partial charge in [0.2, 0.25) is 6.29 Å². The van der Waals surface area contributed by atoms with E-state index in [2.05, 4.69) is 0 Å². The Balaban J connectivity index is 2.72. The lowest BCUT2D eigenvalue weighted by Crippen LogP contribution is -2.13. The Morgan fingerprint density at radius 2 is 1.86 bits per heavy atom. The van der Waals surface area contributed by atoms with Crippen LogP contribution in [0.4, 0.5) is 0 Å². The maximum absolute atomic E-state index is 10.1. The Morgan fingerprint density at radius 1 is 1.21 bits per heavy atom. The molecule has 0 N–H and O–H groups in total. The van der Waals surface area contributed by atoms with Crippen LogP contribution in [0.3, 0.4) is 0 Å². The molecule has 1 radical (unpaired) electrons. The number of ether oxygens (including phenoxy) is 2. The van der Waals surface area contributed by atoms with Crippen molar-refractivity contribution in [2.24, 2.45) is 0 Å². The quantitative estimate of drug-likeness (QED) is 0.672. The molecule has 0 bridgehead atoms. The van der Waals surface area contributed by atoms with Crippen molar-refractivity contribution in [3.05, 3.63) is 35.9 Å². The Kier molecular flexibility index (Phi) is 4.13. The maximum atomic E-state index is 10.1. The minimum absolute atomic E-state index is 0.00597. The highest BCUT2D eigenvalue weighted by molar-refractivity contribution is 5.39. The summed E-state index contributed by atoms with van der Waals surface area (Å²) < 4.78 is 10.1. The molecule has 0 saturated carbocycles. The Hall–Kier alpha value is -1.35. The predicted molar refractivity (Wildman–Crippen MR) is 52.2 cm³/mol. The zero-order valence-corrected chi connectivity index (χ0v) is 8.27. The molecule has 0 amide bonds. The first kappa shape index (κ1) is 10.7. The second-order valence-electron chi connectivity index (χ2n) is 3.13. The summed E-state index contributed by atoms with van der Waals surface area (Å²) in [5, 5.41) is 0. The lowest BCUT2D eigenvalue weighted by molar-refractivity contribution is -0.119. The summed E-state index contributed by atoms with van der Waals surface area (Å²) in [6.07, 6.45) is -0.665. The van der Waals surface area contributed by atoms with E-state index in [0.717, 1.165) is 5.56 Å². The summed E-state index contributed by atoms with van der Waals surface area (Å²) >= 11 is 0. The van der Waals surface area contributed by atoms with Crippen LogP contribution in [0, 0.1) is 0 Å². The lowest BCUT2D eigenvalue weighted by atomic mass is 10.2. The molecule has 14 heavy (non-hydrogen) atoms. The first-order valence-electron chi connectivity index (χ1n) is 4.47. The molecule has 1 rings (SSSR count). The molecular formula is C11H13O3. The molecule has 1 atom stereocenters. The van der Waals surface area contributed by atoms with Crippen LogP contribution >= 0.6 is 0 Å². The fourth-order valence-corrected chi connectivity index (χ4v) is 1.08. The fraction of sp³-hybridized carbons (Fsp3) is 0.364. The number of hydrogen-bond acceptors (Lipinski definition) is 3. The van der Waals surface area contributed by atoms with Crippen molar-refractivity contribution in [2.75, 3.05) is 0 Å². The highest BCUT2D eigenvalue weighted by Crippen LogP contribution is 2.19. The number of benzene rings is 1. The van der Waals surface area contributed by atoms with Gasteiger partial charge in [-0.2, -0.15) is 0 Å². The molecule has 1 unspecified atom stereocenters. The second kappa shape index (κ2) is 5.40. The van der Waals surface area contributed by atoms with E-state index in [0.29, 0.717) is 0 Å². The first-order chi connectivity index (χ1) is 6.74. The normalized spacial score (nSPS) is 12.5. The molecule has 0 aromatic heterocycles. The molecule has 0 aliphatic rings. The van der Waals surface area contributed by atoms with E-state index in [-0.39, 0.29) is 6.10 Å². The van der Waals surface area contributed by atoms with E-state index in [1.165, 1.54) is 6.47 Å². The number of hydrogen-bond donors (Lipinski definition) is 0. The summed E-state index contributed by atoms with van der Waals surface area (Å²) in [6.45, 7) is 5.15. The zero-order chi connectivity index (χ0) is 10.4. The Labute approximate surface area is 83.6 Å². The SMILES string of the molecule is CC(C)OC(O[C]=O)c1ccccc1. The Bertz CT molecular complexity index is 269. The van der Waals surface area contributed by atoms with Gasteiger partial charge in [-0.3, -0.25) is 0 Å². The van der Waals surface area contributed by atoms with Gasteiger partial charge in [-0.25, -0.2) is 4.79 Å². The third-order valence-electron chi connectivity index (χ3n) is 1.62. The second-order valence-corrected chi connectivity index (χ2v) is 3.13. The van der Waals surface area contributed by atoms with Crippen LogP contribution in [0.15, 0.2) is 30.3 Å². The first-order valence-corrected chi connectivity index (χ1v) is 4.47. The Morgan fingerprint density at radius 3 is 2.36 bits per heavy atom. The van der Waals surface area contributed by atoms with E-state index in [9.17, 15) is 4.79 Å². The third kappa shape index (κ3) is 3.18. The standard InChI is InChI=1S/C11H13O3/c1-9(2)14-11(13-8-12)10-6-4-3-5-7-10/h3-7,9,11H,1-2H3. The number of rotatable bonds is 5. The van der Waals surface area contributed by atoms with Crippen LogP contribution in [-0.4, -0.2) is 12.6 Å². The van der Waals surface area contributed by atoms with Crippen molar-refractivity contribution in [1.82, 2.24) is 0 Å². The van der Waals surface area contributed by atoms with E-state index < -0.39 is 6.29 Å². The average molecular weight is 193 g/mol. The topological polar surface area (TPSA) is 35.5 Å². The summed E-state index contributed by atoms with van der Waals surface area (Å²) in [5.74, 6) is 0. The van der Waals surface area contributed by atoms with Gasteiger partial charge in [0.15, 0.2) is 0 Å². The smallest absolute Gasteiger partial charge is 0.420 e. The molecule has 0 spiro atoms. The van der Waals surface area contributed by atoms with Crippen molar-refractivity contribution < 1.29 is 14.3 Å². The molecule has 3 heteroatoms. The zero-order valence-electron chi connectivity index (χ0n) is 8.27. The predicted octanol–water partition coefficient (Wildman–Crippen LogP) is 2.19. The van der Waals surface area contributed by atoms with Crippen LogP contribution in [0.2, 0.25) is 0 Å². The third-order valence-corrected chi connectivity index (χ3v) is 1.62. The van der Waals surface area contributed by atoms with Gasteiger partial charge in [0, 0.05) is 5.56 Å². The van der Waals surface area contributed by atoms with Crippen molar-refractivity contribution >= 4 is 6.47 Å². The molecule has 3 nitrogen and oxygen atoms in total. The molecule has 1 aromatic carbocycles. The highest BCUT2D eigenvalue weighted by atomic mass is 16.7. The van der Waals surface area contributed by atoms with Crippen molar-refractivity contribution in [3.8, 4) is 0 Å². The van der Waals surface area contributed by atoms with Crippen molar-refractivity contribution in [1.29, 1.82) is 0 Å². The lowest BCUT2D eigenvalue weighted by Gasteiger charge is -2.17. The number of carbonyl (C=O) groups excluding carboxylic acids is 1. The molecule has 0 aliphatic carbocycles. The molecule has 75 valence electrons. The minimum atomic E-state index is -0.659. The van der Waals surface area contributed by atoms with Gasteiger partial charge in [0.1, 0.15) is 0 Å². The molecule has 0 saturated heterocycles. The summed E-state index contributed by atoms with van der Waals surface area (Å²) in [7, 11) is 0. The van der Waals surface area contributed by atoms with Crippen LogP contribution < -0.4 is 0 Å². The van der Waals surface area contributed by atoms with Crippen LogP contribution in [-0.2, 0) is 14.3 Å². The van der Waals surface area contributed by atoms with Gasteiger partial charge in [0.25, 0.3) is 0 Å². The maximum Gasteiger partial charge on any atom is 0.420 e. The summed E-state index contributed by atoms with van der Waals surface area (Å²) in [5.41, 5.74) is 0.810. The highest BCUT2D eigenvalue weighted by Gasteiger charge is 2.14. The monoisotopic (exact) mass is 193 g/mol. The largest absolute Gasteiger partial charge is 0.423 e. The molecule has 0 aliphatic heterocycles. The van der Waals surface area contributed by atoms with Crippen LogP contribution in [0.25, 0.3) is 0 Å². The van der Waals surface area contributed by atoms with Crippen LogP contribution in [0.1, 0.15) is 25.7 Å². The minimum Gasteiger partial charge on any atom is -0.423 e. The van der Waals surface area contributed by atoms with Gasteiger partial charge < -0.3 is 9.47 Å². The van der Waals surface area contributed by atoms with Crippen molar-refractivity contribution in [3.63, 3.8) is 0 Å². The van der Waals surface area contributed by atoms with Crippen LogP contribution in [0.5, 0.6) is 0 Å². The average Bonchev–Trinajstić information content (AvgIpc) is 2.18. The van der Waals surface area contributed by atoms with E-state index >= 15 is 0 Å². The molecular weight excluding hydrogens is 180 g/mol. The molecule has 1 aromatic rings. The van der Waals surface area contributed by atoms with Gasteiger partial charge >= 0.3 is 6.47 Å². The van der Waals surface area contributed by atoms with E-state index in [1.807, 2.05) is 44.2 Å². The molecule has 0 heterocycles. The fourth-order valence-electron chi connectivity index (χ4n) is 1.08. The van der Waals surface area contributed by atoms with E-state index in [4.69, 9.17) is 9.47 Å². The van der Waals surface area contributed by atoms with Gasteiger partial charge in [-0.15, -0.1) is 0 Å².